The second-order valence-corrected chi connectivity index (χ2v) is 10.0. The molecule has 2 unspecified atom stereocenters. The predicted octanol–water partition coefficient (Wildman–Crippen LogP) is 7.70. The third-order valence-corrected chi connectivity index (χ3v) is 7.24. The molecule has 0 bridgehead atoms. The molecule has 0 aromatic heterocycles. The molecule has 1 aliphatic heterocycles. The summed E-state index contributed by atoms with van der Waals surface area (Å²) in [6, 6.07) is 22.3. The molecule has 33 heavy (non-hydrogen) atoms. The van der Waals surface area contributed by atoms with Crippen LogP contribution in [0.5, 0.6) is 5.75 Å². The van der Waals surface area contributed by atoms with Gasteiger partial charge in [0.2, 0.25) is 0 Å². The highest BCUT2D eigenvalue weighted by molar-refractivity contribution is 6.30. The summed E-state index contributed by atoms with van der Waals surface area (Å²) in [5.41, 5.74) is 3.24. The normalized spacial score (nSPS) is 22.2. The van der Waals surface area contributed by atoms with Crippen LogP contribution in [-0.2, 0) is 11.1 Å². The Kier molecular flexibility index (Phi) is 6.48. The van der Waals surface area contributed by atoms with Gasteiger partial charge in [0.15, 0.2) is 0 Å². The zero-order valence-corrected chi connectivity index (χ0v) is 21.3. The van der Waals surface area contributed by atoms with Gasteiger partial charge < -0.3 is 10.1 Å². The lowest BCUT2D eigenvalue weighted by atomic mass is 9.72. The Labute approximate surface area is 206 Å². The van der Waals surface area contributed by atoms with Crippen molar-refractivity contribution in [2.45, 2.75) is 51.6 Å². The molecule has 3 aromatic rings. The van der Waals surface area contributed by atoms with Gasteiger partial charge in [-0.15, -0.1) is 0 Å². The molecule has 2 atom stereocenters. The molecule has 0 saturated carbocycles. The van der Waals surface area contributed by atoms with Crippen molar-refractivity contribution < 1.29 is 4.74 Å². The molecule has 0 amide bonds. The summed E-state index contributed by atoms with van der Waals surface area (Å²) in [6.07, 6.45) is 0. The fraction of sp³-hybridized carbons (Fsp3) is 0.321. The highest BCUT2D eigenvalue weighted by Gasteiger charge is 2.52. The molecular formula is C28H30Cl2N2O. The van der Waals surface area contributed by atoms with Crippen LogP contribution in [-0.4, -0.2) is 12.4 Å². The summed E-state index contributed by atoms with van der Waals surface area (Å²) in [5.74, 6) is 2.06. The lowest BCUT2D eigenvalue weighted by molar-refractivity contribution is 0.268. The number of rotatable bonds is 6. The van der Waals surface area contributed by atoms with Crippen LogP contribution in [0, 0.1) is 0 Å². The van der Waals surface area contributed by atoms with E-state index >= 15 is 0 Å². The number of ether oxygens (including phenoxy) is 1. The molecule has 0 radical (unpaired) electrons. The van der Waals surface area contributed by atoms with Crippen molar-refractivity contribution in [2.24, 2.45) is 4.99 Å². The van der Waals surface area contributed by atoms with E-state index in [1.807, 2.05) is 31.2 Å². The Morgan fingerprint density at radius 2 is 1.45 bits per heavy atom. The number of aliphatic imine (C=N–C) groups is 1. The van der Waals surface area contributed by atoms with Crippen LogP contribution in [0.3, 0.4) is 0 Å². The Hall–Kier alpha value is -2.49. The van der Waals surface area contributed by atoms with Gasteiger partial charge in [-0.25, -0.2) is 0 Å². The van der Waals surface area contributed by atoms with Crippen LogP contribution >= 0.6 is 23.2 Å². The van der Waals surface area contributed by atoms with Crippen LogP contribution in [0.25, 0.3) is 0 Å². The van der Waals surface area contributed by atoms with E-state index in [1.54, 1.807) is 0 Å². The van der Waals surface area contributed by atoms with Crippen molar-refractivity contribution in [3.8, 4) is 5.75 Å². The summed E-state index contributed by atoms with van der Waals surface area (Å²) in [4.78, 5) is 5.31. The third kappa shape index (κ3) is 4.25. The highest BCUT2D eigenvalue weighted by Crippen LogP contribution is 2.48. The molecule has 3 aromatic carbocycles. The van der Waals surface area contributed by atoms with Crippen molar-refractivity contribution in [3.05, 3.63) is 99.0 Å². The maximum atomic E-state index is 6.21. The summed E-state index contributed by atoms with van der Waals surface area (Å²) in [6.45, 7) is 11.3. The number of amidine groups is 1. The third-order valence-electron chi connectivity index (χ3n) is 6.73. The van der Waals surface area contributed by atoms with Crippen LogP contribution in [0.4, 0.5) is 0 Å². The van der Waals surface area contributed by atoms with Crippen molar-refractivity contribution >= 4 is 29.0 Å². The minimum Gasteiger partial charge on any atom is -0.493 e. The predicted molar refractivity (Wildman–Crippen MR) is 139 cm³/mol. The fourth-order valence-electron chi connectivity index (χ4n) is 4.48. The van der Waals surface area contributed by atoms with Crippen LogP contribution < -0.4 is 10.1 Å². The molecule has 0 saturated heterocycles. The number of benzene rings is 3. The van der Waals surface area contributed by atoms with Gasteiger partial charge in [-0.1, -0.05) is 67.4 Å². The lowest BCUT2D eigenvalue weighted by Crippen LogP contribution is -2.50. The standard InChI is InChI=1S/C28H30Cl2N2O/c1-6-33-25-17-19(18(2)3)7-16-24(25)26-31-27(4,20-8-12-22(29)13-9-20)28(5,32-26)21-10-14-23(30)15-11-21/h7-18H,6H2,1-5H3,(H,31,32). The Morgan fingerprint density at radius 1 is 0.879 bits per heavy atom. The van der Waals surface area contributed by atoms with Gasteiger partial charge in [0.05, 0.1) is 17.7 Å². The van der Waals surface area contributed by atoms with E-state index < -0.39 is 11.1 Å². The molecular weight excluding hydrogens is 451 g/mol. The van der Waals surface area contributed by atoms with Crippen LogP contribution in [0.15, 0.2) is 71.7 Å². The number of hydrogen-bond acceptors (Lipinski definition) is 3. The Morgan fingerprint density at radius 3 is 2.00 bits per heavy atom. The molecule has 172 valence electrons. The monoisotopic (exact) mass is 480 g/mol. The second-order valence-electron chi connectivity index (χ2n) is 9.14. The maximum Gasteiger partial charge on any atom is 0.133 e. The van der Waals surface area contributed by atoms with Crippen molar-refractivity contribution in [2.75, 3.05) is 6.61 Å². The first-order chi connectivity index (χ1) is 15.7. The largest absolute Gasteiger partial charge is 0.493 e. The molecule has 0 aliphatic carbocycles. The first kappa shape index (κ1) is 23.7. The lowest BCUT2D eigenvalue weighted by Gasteiger charge is -2.40. The smallest absolute Gasteiger partial charge is 0.133 e. The van der Waals surface area contributed by atoms with Crippen molar-refractivity contribution in [1.29, 1.82) is 0 Å². The first-order valence-electron chi connectivity index (χ1n) is 11.3. The Bertz CT molecular complexity index is 1170. The van der Waals surface area contributed by atoms with Crippen LogP contribution in [0.1, 0.15) is 62.8 Å². The van der Waals surface area contributed by atoms with Gasteiger partial charge in [-0.05, 0) is 79.8 Å². The van der Waals surface area contributed by atoms with Gasteiger partial charge in [0.25, 0.3) is 0 Å². The molecule has 4 rings (SSSR count). The molecule has 5 heteroatoms. The van der Waals surface area contributed by atoms with E-state index in [-0.39, 0.29) is 0 Å². The van der Waals surface area contributed by atoms with Crippen LogP contribution in [0.2, 0.25) is 10.0 Å². The number of halogens is 2. The number of hydrogen-bond donors (Lipinski definition) is 1. The van der Waals surface area contributed by atoms with E-state index in [0.717, 1.165) is 28.3 Å². The van der Waals surface area contributed by atoms with E-state index in [4.69, 9.17) is 32.9 Å². The zero-order valence-electron chi connectivity index (χ0n) is 19.7. The molecule has 0 spiro atoms. The van der Waals surface area contributed by atoms with Gasteiger partial charge in [-0.2, -0.15) is 0 Å². The quantitative estimate of drug-likeness (QED) is 0.392. The summed E-state index contributed by atoms with van der Waals surface area (Å²) in [5, 5.41) is 5.17. The summed E-state index contributed by atoms with van der Waals surface area (Å²) in [7, 11) is 0. The van der Waals surface area contributed by atoms with Gasteiger partial charge >= 0.3 is 0 Å². The average Bonchev–Trinajstić information content (AvgIpc) is 3.07. The van der Waals surface area contributed by atoms with Gasteiger partial charge in [-0.3, -0.25) is 4.99 Å². The molecule has 0 fully saturated rings. The first-order valence-corrected chi connectivity index (χ1v) is 12.1. The summed E-state index contributed by atoms with van der Waals surface area (Å²) < 4.78 is 6.06. The topological polar surface area (TPSA) is 33.6 Å². The number of nitrogens with one attached hydrogen (secondary N) is 1. The van der Waals surface area contributed by atoms with Crippen molar-refractivity contribution in [1.82, 2.24) is 5.32 Å². The molecule has 1 N–H and O–H groups in total. The SMILES string of the molecule is CCOc1cc(C(C)C)ccc1C1=NC(C)(c2ccc(Cl)cc2)C(C)(c2ccc(Cl)cc2)N1. The average molecular weight is 481 g/mol. The minimum atomic E-state index is -0.596. The van der Waals surface area contributed by atoms with E-state index in [9.17, 15) is 0 Å². The van der Waals surface area contributed by atoms with Crippen molar-refractivity contribution in [3.63, 3.8) is 0 Å². The zero-order chi connectivity index (χ0) is 23.8. The fourth-order valence-corrected chi connectivity index (χ4v) is 4.73. The van der Waals surface area contributed by atoms with Gasteiger partial charge in [0, 0.05) is 10.0 Å². The number of nitrogens with zero attached hydrogens (tertiary/aromatic N) is 1. The molecule has 1 aliphatic rings. The van der Waals surface area contributed by atoms with Gasteiger partial charge in [0.1, 0.15) is 17.1 Å². The second kappa shape index (κ2) is 9.04. The summed E-state index contributed by atoms with van der Waals surface area (Å²) >= 11 is 12.4. The van der Waals surface area contributed by atoms with E-state index in [0.29, 0.717) is 22.6 Å². The maximum absolute atomic E-state index is 6.21. The minimum absolute atomic E-state index is 0.412. The highest BCUT2D eigenvalue weighted by atomic mass is 35.5. The Balaban J connectivity index is 1.89. The molecule has 1 heterocycles. The van der Waals surface area contributed by atoms with E-state index in [1.165, 1.54) is 5.56 Å². The van der Waals surface area contributed by atoms with E-state index in [2.05, 4.69) is 75.5 Å². The molecule has 3 nitrogen and oxygen atoms in total.